The first kappa shape index (κ1) is 10.3. The Kier molecular flexibility index (Phi) is 2.65. The minimum atomic E-state index is -0.548. The summed E-state index contributed by atoms with van der Waals surface area (Å²) in [6, 6.07) is 11.8. The lowest BCUT2D eigenvalue weighted by molar-refractivity contribution is 0.624. The van der Waals surface area contributed by atoms with Crippen LogP contribution in [0.2, 0.25) is 0 Å². The Morgan fingerprint density at radius 3 is 2.12 bits per heavy atom. The number of hydrogen-bond acceptors (Lipinski definition) is 1. The fourth-order valence-corrected chi connectivity index (χ4v) is 1.43. The van der Waals surface area contributed by atoms with Gasteiger partial charge in [0.15, 0.2) is 0 Å². The molecule has 0 radical (unpaired) electrons. The second-order valence-corrected chi connectivity index (χ2v) is 3.31. The van der Waals surface area contributed by atoms with Crippen molar-refractivity contribution < 1.29 is 8.78 Å². The second-order valence-electron chi connectivity index (χ2n) is 3.31. The van der Waals surface area contributed by atoms with Crippen LogP contribution in [0.3, 0.4) is 0 Å². The van der Waals surface area contributed by atoms with E-state index in [1.54, 1.807) is 24.3 Å². The van der Waals surface area contributed by atoms with Crippen LogP contribution in [0, 0.1) is 23.0 Å². The molecule has 0 saturated carbocycles. The zero-order valence-electron chi connectivity index (χ0n) is 8.24. The Morgan fingerprint density at radius 1 is 0.875 bits per heavy atom. The minimum Gasteiger partial charge on any atom is -0.207 e. The van der Waals surface area contributed by atoms with E-state index in [0.717, 1.165) is 5.56 Å². The van der Waals surface area contributed by atoms with Crippen molar-refractivity contribution in [3.63, 3.8) is 0 Å². The van der Waals surface area contributed by atoms with E-state index >= 15 is 0 Å². The number of rotatable bonds is 1. The molecule has 2 aromatic carbocycles. The maximum Gasteiger partial charge on any atom is 0.140 e. The summed E-state index contributed by atoms with van der Waals surface area (Å²) < 4.78 is 25.8. The van der Waals surface area contributed by atoms with Crippen LogP contribution >= 0.6 is 0 Å². The molecule has 0 aliphatic rings. The molecule has 0 aromatic heterocycles. The lowest BCUT2D eigenvalue weighted by atomic mass is 10.0. The molecule has 16 heavy (non-hydrogen) atoms. The van der Waals surface area contributed by atoms with E-state index in [1.807, 2.05) is 0 Å². The molecule has 0 heterocycles. The van der Waals surface area contributed by atoms with Crippen molar-refractivity contribution in [1.29, 1.82) is 5.26 Å². The quantitative estimate of drug-likeness (QED) is 0.714. The third kappa shape index (κ3) is 1.91. The van der Waals surface area contributed by atoms with E-state index in [4.69, 9.17) is 5.26 Å². The van der Waals surface area contributed by atoms with Crippen molar-refractivity contribution in [3.05, 3.63) is 59.7 Å². The van der Waals surface area contributed by atoms with Gasteiger partial charge in [0, 0.05) is 0 Å². The molecule has 0 amide bonds. The van der Waals surface area contributed by atoms with Gasteiger partial charge < -0.3 is 0 Å². The third-order valence-electron chi connectivity index (χ3n) is 2.26. The Labute approximate surface area is 91.6 Å². The van der Waals surface area contributed by atoms with E-state index in [1.165, 1.54) is 24.3 Å². The van der Waals surface area contributed by atoms with Gasteiger partial charge in [0.1, 0.15) is 17.7 Å². The standard InChI is InChI=1S/C13H7F2N/c14-12-4-1-9(2-5-12)10-3-6-13(15)11(7-10)8-16/h1-7H. The molecule has 3 heteroatoms. The van der Waals surface area contributed by atoms with Gasteiger partial charge in [-0.1, -0.05) is 18.2 Å². The van der Waals surface area contributed by atoms with Gasteiger partial charge in [0.25, 0.3) is 0 Å². The molecule has 0 spiro atoms. The van der Waals surface area contributed by atoms with Gasteiger partial charge in [-0.05, 0) is 35.4 Å². The van der Waals surface area contributed by atoms with Gasteiger partial charge in [-0.2, -0.15) is 5.26 Å². The van der Waals surface area contributed by atoms with Crippen LogP contribution in [-0.4, -0.2) is 0 Å². The Hall–Kier alpha value is -2.21. The first-order valence-corrected chi connectivity index (χ1v) is 4.66. The summed E-state index contributed by atoms with van der Waals surface area (Å²) in [5.74, 6) is -0.875. The van der Waals surface area contributed by atoms with Gasteiger partial charge in [-0.15, -0.1) is 0 Å². The lowest BCUT2D eigenvalue weighted by Gasteiger charge is -2.02. The molecular formula is C13H7F2N. The number of halogens is 2. The molecule has 0 aliphatic heterocycles. The SMILES string of the molecule is N#Cc1cc(-c2ccc(F)cc2)ccc1F. The molecule has 0 unspecified atom stereocenters. The highest BCUT2D eigenvalue weighted by molar-refractivity contribution is 5.65. The van der Waals surface area contributed by atoms with Crippen molar-refractivity contribution in [1.82, 2.24) is 0 Å². The fourth-order valence-electron chi connectivity index (χ4n) is 1.43. The predicted molar refractivity (Wildman–Crippen MR) is 56.5 cm³/mol. The van der Waals surface area contributed by atoms with Gasteiger partial charge >= 0.3 is 0 Å². The summed E-state index contributed by atoms with van der Waals surface area (Å²) in [4.78, 5) is 0. The summed E-state index contributed by atoms with van der Waals surface area (Å²) in [5, 5.41) is 8.68. The van der Waals surface area contributed by atoms with E-state index in [-0.39, 0.29) is 11.4 Å². The maximum atomic E-state index is 13.1. The molecule has 2 rings (SSSR count). The molecule has 0 atom stereocenters. The first-order chi connectivity index (χ1) is 7.70. The Morgan fingerprint density at radius 2 is 1.50 bits per heavy atom. The van der Waals surface area contributed by atoms with Crippen molar-refractivity contribution in [2.75, 3.05) is 0 Å². The van der Waals surface area contributed by atoms with Crippen molar-refractivity contribution in [2.45, 2.75) is 0 Å². The topological polar surface area (TPSA) is 23.8 Å². The summed E-state index contributed by atoms with van der Waals surface area (Å²) in [7, 11) is 0. The van der Waals surface area contributed by atoms with Crippen LogP contribution in [0.25, 0.3) is 11.1 Å². The van der Waals surface area contributed by atoms with Gasteiger partial charge in [0.2, 0.25) is 0 Å². The number of hydrogen-bond donors (Lipinski definition) is 0. The minimum absolute atomic E-state index is 0.0122. The fraction of sp³-hybridized carbons (Fsp3) is 0. The predicted octanol–water partition coefficient (Wildman–Crippen LogP) is 3.50. The van der Waals surface area contributed by atoms with E-state index in [2.05, 4.69) is 0 Å². The third-order valence-corrected chi connectivity index (χ3v) is 2.26. The Bertz CT molecular complexity index is 553. The van der Waals surface area contributed by atoms with Crippen molar-refractivity contribution in [3.8, 4) is 17.2 Å². The molecular weight excluding hydrogens is 208 g/mol. The van der Waals surface area contributed by atoms with Crippen LogP contribution in [0.15, 0.2) is 42.5 Å². The second kappa shape index (κ2) is 4.11. The van der Waals surface area contributed by atoms with Crippen LogP contribution in [0.4, 0.5) is 8.78 Å². The zero-order valence-corrected chi connectivity index (χ0v) is 8.24. The maximum absolute atomic E-state index is 13.1. The highest BCUT2D eigenvalue weighted by Crippen LogP contribution is 2.21. The van der Waals surface area contributed by atoms with Crippen molar-refractivity contribution in [2.24, 2.45) is 0 Å². The lowest BCUT2D eigenvalue weighted by Crippen LogP contribution is -1.85. The number of nitriles is 1. The van der Waals surface area contributed by atoms with Gasteiger partial charge in [0.05, 0.1) is 5.56 Å². The van der Waals surface area contributed by atoms with Gasteiger partial charge in [-0.25, -0.2) is 8.78 Å². The molecule has 78 valence electrons. The van der Waals surface area contributed by atoms with E-state index in [9.17, 15) is 8.78 Å². The summed E-state index contributed by atoms with van der Waals surface area (Å²) in [5.41, 5.74) is 1.43. The smallest absolute Gasteiger partial charge is 0.140 e. The Balaban J connectivity index is 2.49. The normalized spacial score (nSPS) is 9.81. The summed E-state index contributed by atoms with van der Waals surface area (Å²) >= 11 is 0. The summed E-state index contributed by atoms with van der Waals surface area (Å²) in [6.07, 6.45) is 0. The summed E-state index contributed by atoms with van der Waals surface area (Å²) in [6.45, 7) is 0. The number of nitrogens with zero attached hydrogens (tertiary/aromatic N) is 1. The molecule has 0 fully saturated rings. The van der Waals surface area contributed by atoms with Crippen LogP contribution < -0.4 is 0 Å². The van der Waals surface area contributed by atoms with Crippen molar-refractivity contribution >= 4 is 0 Å². The van der Waals surface area contributed by atoms with Crippen LogP contribution in [-0.2, 0) is 0 Å². The molecule has 0 aliphatic carbocycles. The molecule has 1 nitrogen and oxygen atoms in total. The molecule has 0 bridgehead atoms. The molecule has 2 aromatic rings. The average molecular weight is 215 g/mol. The highest BCUT2D eigenvalue weighted by Gasteiger charge is 2.04. The van der Waals surface area contributed by atoms with E-state index in [0.29, 0.717) is 5.56 Å². The number of benzene rings is 2. The highest BCUT2D eigenvalue weighted by atomic mass is 19.1. The molecule has 0 saturated heterocycles. The molecule has 0 N–H and O–H groups in total. The average Bonchev–Trinajstić information content (AvgIpc) is 2.31. The monoisotopic (exact) mass is 215 g/mol. The first-order valence-electron chi connectivity index (χ1n) is 4.66. The largest absolute Gasteiger partial charge is 0.207 e. The van der Waals surface area contributed by atoms with E-state index < -0.39 is 5.82 Å². The zero-order chi connectivity index (χ0) is 11.5. The van der Waals surface area contributed by atoms with Crippen LogP contribution in [0.5, 0.6) is 0 Å². The van der Waals surface area contributed by atoms with Gasteiger partial charge in [-0.3, -0.25) is 0 Å². The van der Waals surface area contributed by atoms with Crippen LogP contribution in [0.1, 0.15) is 5.56 Å².